The van der Waals surface area contributed by atoms with E-state index in [1.165, 1.54) is 17.0 Å². The van der Waals surface area contributed by atoms with Crippen LogP contribution in [0.15, 0.2) is 29.5 Å². The first-order valence-electron chi connectivity index (χ1n) is 6.60. The van der Waals surface area contributed by atoms with Crippen LogP contribution >= 0.6 is 22.6 Å². The molecule has 0 fully saturated rings. The number of nitro groups is 1. The van der Waals surface area contributed by atoms with E-state index in [0.717, 1.165) is 14.2 Å². The number of rotatable bonds is 4. The quantitative estimate of drug-likeness (QED) is 0.296. The molecular weight excluding hydrogens is 435 g/mol. The maximum atomic E-state index is 12.2. The Morgan fingerprint density at radius 3 is 2.54 bits per heavy atom. The third-order valence-corrected chi connectivity index (χ3v) is 4.14. The van der Waals surface area contributed by atoms with Gasteiger partial charge in [-0.1, -0.05) is 6.07 Å². The van der Waals surface area contributed by atoms with Crippen molar-refractivity contribution >= 4 is 45.9 Å². The number of carbonyl (C=O) groups excluding carboxylic acids is 2. The fraction of sp³-hybridized carbons (Fsp3) is 0.286. The summed E-state index contributed by atoms with van der Waals surface area (Å²) < 4.78 is 15.2. The van der Waals surface area contributed by atoms with Crippen LogP contribution in [-0.4, -0.2) is 44.4 Å². The first-order valence-corrected chi connectivity index (χ1v) is 7.68. The summed E-state index contributed by atoms with van der Waals surface area (Å²) in [6, 6.07) is 4.47. The number of para-hydroxylation sites is 1. The maximum absolute atomic E-state index is 12.2. The highest BCUT2D eigenvalue weighted by Crippen LogP contribution is 2.37. The van der Waals surface area contributed by atoms with Crippen LogP contribution in [0.2, 0.25) is 0 Å². The molecule has 0 saturated carbocycles. The van der Waals surface area contributed by atoms with Crippen molar-refractivity contribution in [3.8, 4) is 0 Å². The lowest BCUT2D eigenvalue weighted by molar-refractivity contribution is -0.384. The van der Waals surface area contributed by atoms with E-state index < -0.39 is 16.9 Å². The Balaban J connectivity index is 2.71. The second-order valence-corrected chi connectivity index (χ2v) is 5.74. The maximum Gasteiger partial charge on any atom is 0.355 e. The Morgan fingerprint density at radius 1 is 1.29 bits per heavy atom. The highest BCUT2D eigenvalue weighted by atomic mass is 127. The van der Waals surface area contributed by atoms with Gasteiger partial charge in [-0.3, -0.25) is 10.1 Å². The molecule has 0 amide bonds. The fourth-order valence-electron chi connectivity index (χ4n) is 2.24. The van der Waals surface area contributed by atoms with E-state index in [0.29, 0.717) is 3.57 Å². The number of nitro benzene ring substituents is 1. The van der Waals surface area contributed by atoms with E-state index in [1.807, 2.05) is 22.6 Å². The van der Waals surface area contributed by atoms with Gasteiger partial charge in [0.1, 0.15) is 18.1 Å². The molecule has 2 rings (SSSR count). The summed E-state index contributed by atoms with van der Waals surface area (Å²) >= 11 is 1.91. The van der Waals surface area contributed by atoms with E-state index in [9.17, 15) is 19.7 Å². The second-order valence-electron chi connectivity index (χ2n) is 4.58. The summed E-state index contributed by atoms with van der Waals surface area (Å²) in [6.07, 6.45) is 0. The molecule has 0 bridgehead atoms. The molecule has 0 radical (unpaired) electrons. The topological polar surface area (TPSA) is 108 Å². The average molecular weight is 448 g/mol. The van der Waals surface area contributed by atoms with Gasteiger partial charge in [0.15, 0.2) is 0 Å². The number of hydrogen-bond donors (Lipinski definition) is 0. The molecule has 0 atom stereocenters. The number of benzene rings is 1. The SMILES string of the molecule is COC(=O)C1=C(C(=O)OC)N(c2c(I)cccc2[N+](=O)[O-])COC1. The molecule has 0 N–H and O–H groups in total. The molecule has 9 nitrogen and oxygen atoms in total. The molecule has 0 aliphatic carbocycles. The number of methoxy groups -OCH3 is 2. The third kappa shape index (κ3) is 3.33. The summed E-state index contributed by atoms with van der Waals surface area (Å²) in [7, 11) is 2.32. The number of anilines is 1. The van der Waals surface area contributed by atoms with Gasteiger partial charge in [-0.25, -0.2) is 9.59 Å². The van der Waals surface area contributed by atoms with E-state index in [-0.39, 0.29) is 36.0 Å². The number of carbonyl (C=O) groups is 2. The van der Waals surface area contributed by atoms with E-state index in [2.05, 4.69) is 4.74 Å². The highest BCUT2D eigenvalue weighted by molar-refractivity contribution is 14.1. The first-order chi connectivity index (χ1) is 11.4. The standard InChI is InChI=1S/C14H13IN2O7/c1-22-13(18)8-6-24-7-16(11(8)14(19)23-2)12-9(15)4-3-5-10(12)17(20)21/h3-5H,6-7H2,1-2H3. The van der Waals surface area contributed by atoms with Gasteiger partial charge in [0, 0.05) is 9.64 Å². The molecule has 1 aromatic carbocycles. The molecule has 0 saturated heterocycles. The van der Waals surface area contributed by atoms with Gasteiger partial charge in [0.05, 0.1) is 31.3 Å². The molecule has 0 spiro atoms. The van der Waals surface area contributed by atoms with Gasteiger partial charge in [0.2, 0.25) is 0 Å². The Kier molecular flexibility index (Phi) is 5.72. The van der Waals surface area contributed by atoms with Crippen LogP contribution in [0.3, 0.4) is 0 Å². The Labute approximate surface area is 150 Å². The van der Waals surface area contributed by atoms with Gasteiger partial charge in [-0.15, -0.1) is 0 Å². The fourth-order valence-corrected chi connectivity index (χ4v) is 3.01. The number of nitrogens with zero attached hydrogens (tertiary/aromatic N) is 2. The van der Waals surface area contributed by atoms with Crippen molar-refractivity contribution in [1.82, 2.24) is 0 Å². The Morgan fingerprint density at radius 2 is 1.96 bits per heavy atom. The highest BCUT2D eigenvalue weighted by Gasteiger charge is 2.36. The number of esters is 2. The third-order valence-electron chi connectivity index (χ3n) is 3.27. The van der Waals surface area contributed by atoms with Gasteiger partial charge in [-0.05, 0) is 28.7 Å². The predicted molar refractivity (Wildman–Crippen MR) is 90.2 cm³/mol. The van der Waals surface area contributed by atoms with Crippen molar-refractivity contribution in [3.05, 3.63) is 43.2 Å². The van der Waals surface area contributed by atoms with Crippen LogP contribution < -0.4 is 4.90 Å². The molecule has 0 aromatic heterocycles. The van der Waals surface area contributed by atoms with Crippen LogP contribution in [0, 0.1) is 13.7 Å². The summed E-state index contributed by atoms with van der Waals surface area (Å²) in [5, 5.41) is 11.3. The van der Waals surface area contributed by atoms with Gasteiger partial charge >= 0.3 is 11.9 Å². The summed E-state index contributed by atoms with van der Waals surface area (Å²) in [4.78, 5) is 36.2. The van der Waals surface area contributed by atoms with Crippen LogP contribution in [-0.2, 0) is 23.8 Å². The van der Waals surface area contributed by atoms with E-state index >= 15 is 0 Å². The molecular formula is C14H13IN2O7. The van der Waals surface area contributed by atoms with Crippen molar-refractivity contribution in [2.24, 2.45) is 0 Å². The van der Waals surface area contributed by atoms with Gasteiger partial charge < -0.3 is 19.1 Å². The Hall–Kier alpha value is -2.21. The van der Waals surface area contributed by atoms with Gasteiger partial charge in [-0.2, -0.15) is 0 Å². The zero-order valence-corrected chi connectivity index (χ0v) is 14.9. The number of ether oxygens (including phenoxy) is 3. The predicted octanol–water partition coefficient (Wildman–Crippen LogP) is 1.59. The minimum atomic E-state index is -0.812. The molecule has 1 aromatic rings. The van der Waals surface area contributed by atoms with E-state index in [4.69, 9.17) is 9.47 Å². The molecule has 24 heavy (non-hydrogen) atoms. The van der Waals surface area contributed by atoms with Crippen molar-refractivity contribution < 1.29 is 28.7 Å². The summed E-state index contributed by atoms with van der Waals surface area (Å²) in [6.45, 7) is -0.309. The summed E-state index contributed by atoms with van der Waals surface area (Å²) in [5.41, 5.74) is -0.282. The van der Waals surface area contributed by atoms with Crippen LogP contribution in [0.25, 0.3) is 0 Å². The smallest absolute Gasteiger partial charge is 0.355 e. The lowest BCUT2D eigenvalue weighted by Gasteiger charge is -2.31. The average Bonchev–Trinajstić information content (AvgIpc) is 2.59. The lowest BCUT2D eigenvalue weighted by Crippen LogP contribution is -2.39. The molecule has 0 unspecified atom stereocenters. The largest absolute Gasteiger partial charge is 0.466 e. The molecule has 1 aliphatic rings. The van der Waals surface area contributed by atoms with Crippen molar-refractivity contribution in [2.45, 2.75) is 0 Å². The first kappa shape index (κ1) is 18.1. The minimum absolute atomic E-state index is 0.0652. The summed E-state index contributed by atoms with van der Waals surface area (Å²) in [5.74, 6) is -1.58. The normalized spacial score (nSPS) is 14.4. The van der Waals surface area contributed by atoms with Crippen LogP contribution in [0.1, 0.15) is 0 Å². The molecule has 1 aliphatic heterocycles. The molecule has 128 valence electrons. The minimum Gasteiger partial charge on any atom is -0.466 e. The van der Waals surface area contributed by atoms with Crippen LogP contribution in [0.5, 0.6) is 0 Å². The number of hydrogen-bond acceptors (Lipinski definition) is 8. The zero-order chi connectivity index (χ0) is 17.9. The van der Waals surface area contributed by atoms with Crippen LogP contribution in [0.4, 0.5) is 11.4 Å². The van der Waals surface area contributed by atoms with Crippen molar-refractivity contribution in [1.29, 1.82) is 0 Å². The van der Waals surface area contributed by atoms with E-state index in [1.54, 1.807) is 6.07 Å². The Bertz CT molecular complexity index is 732. The molecule has 10 heteroatoms. The number of halogens is 1. The zero-order valence-electron chi connectivity index (χ0n) is 12.8. The van der Waals surface area contributed by atoms with Gasteiger partial charge in [0.25, 0.3) is 5.69 Å². The lowest BCUT2D eigenvalue weighted by atomic mass is 10.1. The van der Waals surface area contributed by atoms with Crippen molar-refractivity contribution in [3.63, 3.8) is 0 Å². The van der Waals surface area contributed by atoms with Crippen molar-refractivity contribution in [2.75, 3.05) is 32.5 Å². The second kappa shape index (κ2) is 7.57. The molecule has 1 heterocycles. The monoisotopic (exact) mass is 448 g/mol.